The molecule has 2 heterocycles. The number of carbonyl (C=O) groups excluding carboxylic acids is 2. The van der Waals surface area contributed by atoms with E-state index in [0.717, 1.165) is 0 Å². The van der Waals surface area contributed by atoms with Gasteiger partial charge in [-0.1, -0.05) is 6.07 Å². The van der Waals surface area contributed by atoms with Crippen LogP contribution in [0.1, 0.15) is 6.92 Å². The van der Waals surface area contributed by atoms with Gasteiger partial charge in [-0.2, -0.15) is 0 Å². The van der Waals surface area contributed by atoms with Crippen LogP contribution in [-0.2, 0) is 9.59 Å². The van der Waals surface area contributed by atoms with E-state index in [9.17, 15) is 9.59 Å². The van der Waals surface area contributed by atoms with Crippen LogP contribution < -0.4 is 5.73 Å². The molecule has 5 nitrogen and oxygen atoms in total. The summed E-state index contributed by atoms with van der Waals surface area (Å²) in [5.74, 6) is -0.311. The first-order chi connectivity index (χ1) is 9.11. The van der Waals surface area contributed by atoms with Crippen molar-refractivity contribution >= 4 is 22.1 Å². The Morgan fingerprint density at radius 2 is 1.68 bits per heavy atom. The van der Waals surface area contributed by atoms with E-state index in [1.807, 2.05) is 30.3 Å². The highest BCUT2D eigenvalue weighted by Gasteiger charge is 2.12. The molecule has 0 spiro atoms. The van der Waals surface area contributed by atoms with E-state index in [0.29, 0.717) is 0 Å². The largest absolute Gasteiger partial charge is 0.369 e. The summed E-state index contributed by atoms with van der Waals surface area (Å²) in [5.41, 5.74) is 5.05. The molecule has 0 bridgehead atoms. The van der Waals surface area contributed by atoms with Crippen LogP contribution in [-0.4, -0.2) is 25.7 Å². The summed E-state index contributed by atoms with van der Waals surface area (Å²) in [5, 5.41) is 0.00463. The average molecular weight is 279 g/mol. The molecule has 1 unspecified atom stereocenters. The van der Waals surface area contributed by atoms with Crippen molar-refractivity contribution in [1.29, 1.82) is 0 Å². The second kappa shape index (κ2) is 8.10. The Balaban J connectivity index is 0.000000250. The molecule has 102 valence electrons. The molecular formula is C13H17N3O2S. The van der Waals surface area contributed by atoms with Crippen molar-refractivity contribution in [3.63, 3.8) is 0 Å². The number of amides is 1. The van der Waals surface area contributed by atoms with Gasteiger partial charge in [-0.25, -0.2) is 0 Å². The molecule has 0 aliphatic rings. The van der Waals surface area contributed by atoms with E-state index < -0.39 is 17.0 Å². The van der Waals surface area contributed by atoms with Crippen LogP contribution in [0.3, 0.4) is 0 Å². The van der Waals surface area contributed by atoms with Crippen molar-refractivity contribution in [2.75, 3.05) is 5.75 Å². The highest BCUT2D eigenvalue weighted by Crippen LogP contribution is 2.27. The van der Waals surface area contributed by atoms with Crippen molar-refractivity contribution in [2.24, 2.45) is 5.73 Å². The Bertz CT molecular complexity index is 473. The monoisotopic (exact) mass is 279 g/mol. The van der Waals surface area contributed by atoms with E-state index in [1.165, 1.54) is 6.92 Å². The van der Waals surface area contributed by atoms with Gasteiger partial charge in [0.2, 0.25) is 5.91 Å². The maximum absolute atomic E-state index is 11.2. The van der Waals surface area contributed by atoms with Gasteiger partial charge >= 0.3 is 0 Å². The summed E-state index contributed by atoms with van der Waals surface area (Å²) in [7, 11) is 0. The van der Waals surface area contributed by atoms with Crippen molar-refractivity contribution in [1.82, 2.24) is 8.96 Å². The predicted octanol–water partition coefficient (Wildman–Crippen LogP) is 1.37. The minimum Gasteiger partial charge on any atom is -0.369 e. The third-order valence-corrected chi connectivity index (χ3v) is 4.27. The minimum atomic E-state index is -1.11. The maximum atomic E-state index is 11.2. The topological polar surface area (TPSA) is 78.0 Å². The lowest BCUT2D eigenvalue weighted by Gasteiger charge is -2.18. The first-order valence-electron chi connectivity index (χ1n) is 5.66. The Labute approximate surface area is 114 Å². The second-order valence-corrected chi connectivity index (χ2v) is 5.84. The van der Waals surface area contributed by atoms with Crippen molar-refractivity contribution in [2.45, 2.75) is 6.92 Å². The lowest BCUT2D eigenvalue weighted by molar-refractivity contribution is -0.116. The standard InChI is InChI=1S/C8H12N2O2S.C5H5N/c1-7(11)13(6-8(9)12)10-4-2-3-5-10;1-2-4-6-5-3-1/h2-5,13H,6H2,1H3,(H2,9,12);1-5H. The molecule has 1 amide bonds. The Morgan fingerprint density at radius 3 is 2.00 bits per heavy atom. The summed E-state index contributed by atoms with van der Waals surface area (Å²) >= 11 is -1.11. The summed E-state index contributed by atoms with van der Waals surface area (Å²) in [6.07, 6.45) is 7.05. The number of rotatable bonds is 3. The van der Waals surface area contributed by atoms with E-state index in [2.05, 4.69) is 4.98 Å². The first-order valence-corrected chi connectivity index (χ1v) is 7.14. The molecule has 0 fully saturated rings. The molecule has 0 saturated heterocycles. The van der Waals surface area contributed by atoms with Gasteiger partial charge in [0.05, 0.1) is 5.75 Å². The van der Waals surface area contributed by atoms with Crippen LogP contribution in [0.5, 0.6) is 0 Å². The average Bonchev–Trinajstić information content (AvgIpc) is 2.92. The molecular weight excluding hydrogens is 262 g/mol. The molecule has 0 aliphatic carbocycles. The SMILES string of the molecule is CC(=O)[SH](CC(N)=O)n1cccc1.c1ccncc1. The van der Waals surface area contributed by atoms with Gasteiger partial charge in [-0.05, 0) is 24.3 Å². The zero-order chi connectivity index (χ0) is 14.1. The normalized spacial score (nSPS) is 11.9. The fourth-order valence-electron chi connectivity index (χ4n) is 1.30. The Morgan fingerprint density at radius 1 is 1.11 bits per heavy atom. The van der Waals surface area contributed by atoms with E-state index >= 15 is 0 Å². The van der Waals surface area contributed by atoms with Crippen molar-refractivity contribution in [3.8, 4) is 0 Å². The predicted molar refractivity (Wildman–Crippen MR) is 77.8 cm³/mol. The lowest BCUT2D eigenvalue weighted by atomic mass is 10.5. The zero-order valence-corrected chi connectivity index (χ0v) is 11.5. The lowest BCUT2D eigenvalue weighted by Crippen LogP contribution is -2.20. The van der Waals surface area contributed by atoms with Crippen LogP contribution in [0.15, 0.2) is 55.1 Å². The number of hydrogen-bond donors (Lipinski definition) is 2. The van der Waals surface area contributed by atoms with Gasteiger partial charge in [0.25, 0.3) is 0 Å². The molecule has 0 radical (unpaired) electrons. The number of primary amides is 1. The van der Waals surface area contributed by atoms with Gasteiger partial charge < -0.3 is 9.71 Å². The number of nitrogens with zero attached hydrogens (tertiary/aromatic N) is 2. The maximum Gasteiger partial charge on any atom is 0.227 e. The highest BCUT2D eigenvalue weighted by molar-refractivity contribution is 8.28. The molecule has 2 aromatic heterocycles. The van der Waals surface area contributed by atoms with Crippen LogP contribution in [0, 0.1) is 0 Å². The molecule has 2 aromatic rings. The molecule has 2 N–H and O–H groups in total. The summed E-state index contributed by atoms with van der Waals surface area (Å²) in [4.78, 5) is 25.6. The van der Waals surface area contributed by atoms with E-state index in [-0.39, 0.29) is 10.9 Å². The van der Waals surface area contributed by atoms with Gasteiger partial charge in [-0.3, -0.25) is 14.6 Å². The molecule has 6 heteroatoms. The Kier molecular flexibility index (Phi) is 6.38. The summed E-state index contributed by atoms with van der Waals surface area (Å²) in [6.45, 7) is 1.48. The molecule has 0 aromatic carbocycles. The van der Waals surface area contributed by atoms with Crippen LogP contribution in [0.2, 0.25) is 0 Å². The van der Waals surface area contributed by atoms with Crippen LogP contribution in [0.25, 0.3) is 0 Å². The number of nitrogens with two attached hydrogens (primary N) is 1. The molecule has 1 atom stereocenters. The molecule has 2 rings (SSSR count). The third-order valence-electron chi connectivity index (χ3n) is 2.10. The number of pyridine rings is 1. The summed E-state index contributed by atoms with van der Waals surface area (Å²) in [6, 6.07) is 9.35. The highest BCUT2D eigenvalue weighted by atomic mass is 32.2. The van der Waals surface area contributed by atoms with Crippen molar-refractivity contribution in [3.05, 3.63) is 55.1 Å². The first kappa shape index (κ1) is 15.0. The number of thiol groups is 1. The number of carbonyl (C=O) groups is 2. The van der Waals surface area contributed by atoms with Crippen molar-refractivity contribution < 1.29 is 9.59 Å². The molecule has 0 saturated carbocycles. The third kappa shape index (κ3) is 5.87. The summed E-state index contributed by atoms with van der Waals surface area (Å²) < 4.78 is 1.75. The minimum absolute atomic E-state index is 0.00463. The zero-order valence-electron chi connectivity index (χ0n) is 10.6. The molecule has 19 heavy (non-hydrogen) atoms. The second-order valence-electron chi connectivity index (χ2n) is 3.63. The molecule has 0 aliphatic heterocycles. The van der Waals surface area contributed by atoms with Gasteiger partial charge in [-0.15, -0.1) is 11.1 Å². The smallest absolute Gasteiger partial charge is 0.227 e. The van der Waals surface area contributed by atoms with Gasteiger partial charge in [0.1, 0.15) is 0 Å². The quantitative estimate of drug-likeness (QED) is 0.833. The van der Waals surface area contributed by atoms with Crippen LogP contribution >= 0.6 is 11.1 Å². The van der Waals surface area contributed by atoms with E-state index in [1.54, 1.807) is 28.8 Å². The number of aromatic nitrogens is 2. The fraction of sp³-hybridized carbons (Fsp3) is 0.154. The van der Waals surface area contributed by atoms with Crippen LogP contribution in [0.4, 0.5) is 0 Å². The number of hydrogen-bond acceptors (Lipinski definition) is 3. The van der Waals surface area contributed by atoms with Gasteiger partial charge in [0, 0.05) is 31.7 Å². The Hall–Kier alpha value is -2.08. The van der Waals surface area contributed by atoms with E-state index in [4.69, 9.17) is 5.73 Å². The fourth-order valence-corrected chi connectivity index (χ4v) is 2.78. The van der Waals surface area contributed by atoms with Gasteiger partial charge in [0.15, 0.2) is 5.12 Å².